The standard InChI is InChI=1S/C29H25F3N8O2/c30-29(31,32)20-6-8-22(9-7-20)42-23-10-5-18(14-35-23)25-24-26(34)36-16-37-27(24)40(38-25)21-2-1-11-39(15-21)28(41)19(13-33)12-17-3-4-17/h5-10,12,14,16-17,21H,1-4,11,15H2,(H2,34,36,37). The lowest BCUT2D eigenvalue weighted by atomic mass is 10.0. The van der Waals surface area contributed by atoms with Crippen molar-refractivity contribution in [2.45, 2.75) is 37.9 Å². The minimum absolute atomic E-state index is 0.181. The first-order valence-corrected chi connectivity index (χ1v) is 13.4. The van der Waals surface area contributed by atoms with Gasteiger partial charge in [0.1, 0.15) is 35.2 Å². The van der Waals surface area contributed by atoms with Crippen molar-refractivity contribution in [1.82, 2.24) is 29.6 Å². The molecule has 0 bridgehead atoms. The van der Waals surface area contributed by atoms with Gasteiger partial charge in [0.25, 0.3) is 5.91 Å². The van der Waals surface area contributed by atoms with E-state index in [0.717, 1.165) is 37.8 Å². The van der Waals surface area contributed by atoms with Crippen molar-refractivity contribution >= 4 is 22.8 Å². The number of halogens is 3. The van der Waals surface area contributed by atoms with E-state index < -0.39 is 11.7 Å². The Hall–Kier alpha value is -4.99. The maximum atomic E-state index is 13.1. The van der Waals surface area contributed by atoms with Gasteiger partial charge in [-0.15, -0.1) is 0 Å². The quantitative estimate of drug-likeness (QED) is 0.242. The second kappa shape index (κ2) is 10.8. The zero-order chi connectivity index (χ0) is 29.4. The zero-order valence-corrected chi connectivity index (χ0v) is 22.3. The number of benzene rings is 1. The van der Waals surface area contributed by atoms with Crippen LogP contribution in [0.2, 0.25) is 0 Å². The molecular weight excluding hydrogens is 549 g/mol. The number of likely N-dealkylation sites (tertiary alicyclic amines) is 1. The Morgan fingerprint density at radius 1 is 1.10 bits per heavy atom. The van der Waals surface area contributed by atoms with Crippen molar-refractivity contribution in [3.05, 3.63) is 66.1 Å². The third-order valence-corrected chi connectivity index (χ3v) is 7.34. The van der Waals surface area contributed by atoms with Crippen LogP contribution in [0, 0.1) is 17.2 Å². The summed E-state index contributed by atoms with van der Waals surface area (Å²) in [4.78, 5) is 27.7. The second-order valence-electron chi connectivity index (χ2n) is 10.3. The van der Waals surface area contributed by atoms with Crippen LogP contribution in [0.15, 0.2) is 60.6 Å². The first kappa shape index (κ1) is 27.2. The fourth-order valence-corrected chi connectivity index (χ4v) is 5.03. The van der Waals surface area contributed by atoms with Gasteiger partial charge in [-0.05, 0) is 61.9 Å². The molecule has 1 unspecified atom stereocenters. The van der Waals surface area contributed by atoms with Gasteiger partial charge in [0.2, 0.25) is 5.88 Å². The molecule has 0 spiro atoms. The predicted molar refractivity (Wildman–Crippen MR) is 146 cm³/mol. The van der Waals surface area contributed by atoms with Crippen LogP contribution in [0.3, 0.4) is 0 Å². The molecule has 4 heterocycles. The van der Waals surface area contributed by atoms with Crippen LogP contribution in [0.1, 0.15) is 37.3 Å². The summed E-state index contributed by atoms with van der Waals surface area (Å²) in [7, 11) is 0. The minimum atomic E-state index is -4.44. The Kier molecular flexibility index (Phi) is 6.97. The van der Waals surface area contributed by atoms with E-state index in [4.69, 9.17) is 15.6 Å². The number of allylic oxidation sites excluding steroid dienone is 1. The molecule has 6 rings (SSSR count). The molecule has 1 aliphatic heterocycles. The molecule has 10 nitrogen and oxygen atoms in total. The fraction of sp³-hybridized carbons (Fsp3) is 0.310. The number of anilines is 1. The molecule has 1 saturated heterocycles. The summed E-state index contributed by atoms with van der Waals surface area (Å²) in [6.45, 7) is 0.910. The van der Waals surface area contributed by atoms with Gasteiger partial charge in [-0.2, -0.15) is 23.5 Å². The van der Waals surface area contributed by atoms with E-state index in [9.17, 15) is 23.2 Å². The lowest BCUT2D eigenvalue weighted by Gasteiger charge is -2.32. The highest BCUT2D eigenvalue weighted by atomic mass is 19.4. The summed E-state index contributed by atoms with van der Waals surface area (Å²) in [5, 5.41) is 14.9. The number of fused-ring (bicyclic) bond motifs is 1. The molecule has 1 atom stereocenters. The third kappa shape index (κ3) is 5.47. The van der Waals surface area contributed by atoms with Gasteiger partial charge in [-0.25, -0.2) is 19.6 Å². The molecule has 1 amide bonds. The molecule has 42 heavy (non-hydrogen) atoms. The lowest BCUT2D eigenvalue weighted by molar-refractivity contribution is -0.137. The number of piperidine rings is 1. The summed E-state index contributed by atoms with van der Waals surface area (Å²) >= 11 is 0. The number of nitriles is 1. The Bertz CT molecular complexity index is 1700. The second-order valence-corrected chi connectivity index (χ2v) is 10.3. The highest BCUT2D eigenvalue weighted by Gasteiger charge is 2.32. The first-order chi connectivity index (χ1) is 20.2. The van der Waals surface area contributed by atoms with Crippen LogP contribution in [-0.2, 0) is 11.0 Å². The summed E-state index contributed by atoms with van der Waals surface area (Å²) in [6, 6.07) is 9.48. The summed E-state index contributed by atoms with van der Waals surface area (Å²) < 4.78 is 45.9. The lowest BCUT2D eigenvalue weighted by Crippen LogP contribution is -2.41. The average molecular weight is 575 g/mol. The highest BCUT2D eigenvalue weighted by molar-refractivity contribution is 5.98. The number of amides is 1. The van der Waals surface area contributed by atoms with Crippen LogP contribution in [0.25, 0.3) is 22.3 Å². The van der Waals surface area contributed by atoms with Crippen LogP contribution in [0.5, 0.6) is 11.6 Å². The number of aromatic nitrogens is 5. The molecule has 1 saturated carbocycles. The van der Waals surface area contributed by atoms with Crippen LogP contribution in [0.4, 0.5) is 19.0 Å². The maximum Gasteiger partial charge on any atom is 0.416 e. The number of nitrogens with zero attached hydrogens (tertiary/aromatic N) is 7. The Morgan fingerprint density at radius 2 is 1.88 bits per heavy atom. The summed E-state index contributed by atoms with van der Waals surface area (Å²) in [5.41, 5.74) is 7.27. The number of nitrogens with two attached hydrogens (primary N) is 1. The maximum absolute atomic E-state index is 13.1. The van der Waals surface area contributed by atoms with Gasteiger partial charge >= 0.3 is 6.18 Å². The van der Waals surface area contributed by atoms with E-state index in [0.29, 0.717) is 41.3 Å². The first-order valence-electron chi connectivity index (χ1n) is 13.4. The molecule has 0 radical (unpaired) electrons. The Morgan fingerprint density at radius 3 is 2.55 bits per heavy atom. The topological polar surface area (TPSA) is 136 Å². The van der Waals surface area contributed by atoms with E-state index in [1.54, 1.807) is 27.8 Å². The molecular formula is C29H25F3N8O2. The van der Waals surface area contributed by atoms with Gasteiger partial charge in [0.15, 0.2) is 5.65 Å². The molecule has 1 aromatic carbocycles. The normalized spacial score (nSPS) is 17.7. The average Bonchev–Trinajstić information content (AvgIpc) is 3.73. The number of hydrogen-bond donors (Lipinski definition) is 1. The molecule has 13 heteroatoms. The SMILES string of the molecule is N#CC(=CC1CC1)C(=O)N1CCCC(n2nc(-c3ccc(Oc4ccc(C(F)(F)F)cc4)nc3)c3c(N)ncnc32)C1. The van der Waals surface area contributed by atoms with Crippen LogP contribution < -0.4 is 10.5 Å². The molecule has 2 aliphatic rings. The van der Waals surface area contributed by atoms with Crippen molar-refractivity contribution in [1.29, 1.82) is 5.26 Å². The van der Waals surface area contributed by atoms with Crippen LogP contribution in [-0.4, -0.2) is 48.6 Å². The van der Waals surface area contributed by atoms with Gasteiger partial charge in [-0.1, -0.05) is 6.08 Å². The number of hydrogen-bond acceptors (Lipinski definition) is 8. The molecule has 2 N–H and O–H groups in total. The minimum Gasteiger partial charge on any atom is -0.439 e. The van der Waals surface area contributed by atoms with E-state index in [1.165, 1.54) is 24.7 Å². The number of carbonyl (C=O) groups excluding carboxylic acids is 1. The van der Waals surface area contributed by atoms with Gasteiger partial charge in [0, 0.05) is 30.9 Å². The predicted octanol–water partition coefficient (Wildman–Crippen LogP) is 5.31. The van der Waals surface area contributed by atoms with Gasteiger partial charge in [0.05, 0.1) is 17.0 Å². The van der Waals surface area contributed by atoms with Crippen molar-refractivity contribution in [3.63, 3.8) is 0 Å². The molecule has 4 aromatic rings. The molecule has 1 aliphatic carbocycles. The number of alkyl halides is 3. The summed E-state index contributed by atoms with van der Waals surface area (Å²) in [6.07, 6.45) is 3.70. The van der Waals surface area contributed by atoms with Crippen molar-refractivity contribution < 1.29 is 22.7 Å². The largest absolute Gasteiger partial charge is 0.439 e. The zero-order valence-electron chi connectivity index (χ0n) is 22.3. The smallest absolute Gasteiger partial charge is 0.416 e. The van der Waals surface area contributed by atoms with E-state index in [2.05, 4.69) is 21.0 Å². The monoisotopic (exact) mass is 574 g/mol. The van der Waals surface area contributed by atoms with E-state index in [-0.39, 0.29) is 35.0 Å². The van der Waals surface area contributed by atoms with Crippen molar-refractivity contribution in [2.75, 3.05) is 18.8 Å². The van der Waals surface area contributed by atoms with Crippen LogP contribution >= 0.6 is 0 Å². The van der Waals surface area contributed by atoms with Gasteiger partial charge in [-0.3, -0.25) is 4.79 Å². The third-order valence-electron chi connectivity index (χ3n) is 7.34. The number of pyridine rings is 1. The summed E-state index contributed by atoms with van der Waals surface area (Å²) in [5.74, 6) is 0.655. The molecule has 214 valence electrons. The van der Waals surface area contributed by atoms with Gasteiger partial charge < -0.3 is 15.4 Å². The number of ether oxygens (including phenoxy) is 1. The number of carbonyl (C=O) groups is 1. The van der Waals surface area contributed by atoms with E-state index >= 15 is 0 Å². The van der Waals surface area contributed by atoms with Crippen molar-refractivity contribution in [2.24, 2.45) is 5.92 Å². The Balaban J connectivity index is 1.26. The number of rotatable bonds is 6. The fourth-order valence-electron chi connectivity index (χ4n) is 5.03. The number of nitrogen functional groups attached to an aromatic ring is 1. The van der Waals surface area contributed by atoms with E-state index in [1.807, 2.05) is 0 Å². The Labute approximate surface area is 238 Å². The van der Waals surface area contributed by atoms with Crippen molar-refractivity contribution in [3.8, 4) is 29.0 Å². The molecule has 2 fully saturated rings. The molecule has 3 aromatic heterocycles. The highest BCUT2D eigenvalue weighted by Crippen LogP contribution is 2.36.